The van der Waals surface area contributed by atoms with Crippen molar-refractivity contribution in [3.05, 3.63) is 24.3 Å². The van der Waals surface area contributed by atoms with Gasteiger partial charge < -0.3 is 9.64 Å². The smallest absolute Gasteiger partial charge is 0.274 e. The monoisotopic (exact) mass is 221 g/mol. The molecule has 5 heteroatoms. The highest BCUT2D eigenvalue weighted by atomic mass is 16.5. The molecule has 0 bridgehead atoms. The third-order valence-corrected chi connectivity index (χ3v) is 2.93. The van der Waals surface area contributed by atoms with Crippen LogP contribution >= 0.6 is 0 Å². The molecule has 2 heterocycles. The zero-order valence-corrected chi connectivity index (χ0v) is 9.46. The number of rotatable bonds is 1. The number of nitrogens with zero attached hydrogens (tertiary/aromatic N) is 3. The molecule has 86 valence electrons. The predicted octanol–water partition coefficient (Wildman–Crippen LogP) is 0.726. The van der Waals surface area contributed by atoms with E-state index in [1.165, 1.54) is 12.4 Å². The normalized spacial score (nSPS) is 25.5. The maximum absolute atomic E-state index is 12.1. The van der Waals surface area contributed by atoms with Crippen LogP contribution in [0.2, 0.25) is 0 Å². The van der Waals surface area contributed by atoms with Gasteiger partial charge in [0.25, 0.3) is 5.91 Å². The summed E-state index contributed by atoms with van der Waals surface area (Å²) in [7, 11) is 0. The zero-order valence-electron chi connectivity index (χ0n) is 9.46. The van der Waals surface area contributed by atoms with Crippen molar-refractivity contribution in [1.82, 2.24) is 14.9 Å². The van der Waals surface area contributed by atoms with E-state index in [1.54, 1.807) is 11.1 Å². The summed E-state index contributed by atoms with van der Waals surface area (Å²) in [5.74, 6) is -0.0734. The van der Waals surface area contributed by atoms with Gasteiger partial charge in [-0.3, -0.25) is 9.78 Å². The van der Waals surface area contributed by atoms with E-state index in [0.717, 1.165) is 0 Å². The first-order chi connectivity index (χ1) is 7.70. The number of carbonyl (C=O) groups excluding carboxylic acids is 1. The molecule has 2 unspecified atom stereocenters. The Bertz CT molecular complexity index is 369. The standard InChI is InChI=1S/C11H15N3O2/c1-8-9(2)16-6-5-14(8)11(15)10-7-12-3-4-13-10/h3-4,7-9H,5-6H2,1-2H3. The number of carbonyl (C=O) groups is 1. The van der Waals surface area contributed by atoms with Crippen molar-refractivity contribution in [2.45, 2.75) is 26.0 Å². The predicted molar refractivity (Wildman–Crippen MR) is 57.9 cm³/mol. The Morgan fingerprint density at radius 1 is 1.50 bits per heavy atom. The van der Waals surface area contributed by atoms with E-state index >= 15 is 0 Å². The van der Waals surface area contributed by atoms with E-state index in [2.05, 4.69) is 9.97 Å². The largest absolute Gasteiger partial charge is 0.375 e. The van der Waals surface area contributed by atoms with Crippen molar-refractivity contribution < 1.29 is 9.53 Å². The van der Waals surface area contributed by atoms with Gasteiger partial charge in [-0.15, -0.1) is 0 Å². The van der Waals surface area contributed by atoms with Gasteiger partial charge >= 0.3 is 0 Å². The second-order valence-corrected chi connectivity index (χ2v) is 3.91. The lowest BCUT2D eigenvalue weighted by Gasteiger charge is -2.37. The molecule has 1 aliphatic rings. The van der Waals surface area contributed by atoms with Crippen LogP contribution in [-0.4, -0.2) is 46.1 Å². The molecule has 0 N–H and O–H groups in total. The van der Waals surface area contributed by atoms with Crippen LogP contribution in [0.15, 0.2) is 18.6 Å². The first-order valence-electron chi connectivity index (χ1n) is 5.38. The van der Waals surface area contributed by atoms with Gasteiger partial charge in [-0.25, -0.2) is 4.98 Å². The van der Waals surface area contributed by atoms with Crippen LogP contribution in [0.4, 0.5) is 0 Å². The fraction of sp³-hybridized carbons (Fsp3) is 0.545. The summed E-state index contributed by atoms with van der Waals surface area (Å²) in [4.78, 5) is 21.8. The minimum Gasteiger partial charge on any atom is -0.375 e. The number of aromatic nitrogens is 2. The molecule has 0 aliphatic carbocycles. The first kappa shape index (κ1) is 11.0. The quantitative estimate of drug-likeness (QED) is 0.701. The van der Waals surface area contributed by atoms with Crippen molar-refractivity contribution in [3.8, 4) is 0 Å². The summed E-state index contributed by atoms with van der Waals surface area (Å²) >= 11 is 0. The fourth-order valence-electron chi connectivity index (χ4n) is 1.78. The molecule has 1 amide bonds. The molecule has 0 saturated carbocycles. The third kappa shape index (κ3) is 2.04. The number of morpholine rings is 1. The topological polar surface area (TPSA) is 55.3 Å². The van der Waals surface area contributed by atoms with Crippen LogP contribution in [0.25, 0.3) is 0 Å². The number of hydrogen-bond acceptors (Lipinski definition) is 4. The van der Waals surface area contributed by atoms with E-state index in [4.69, 9.17) is 4.74 Å². The van der Waals surface area contributed by atoms with Gasteiger partial charge in [0.2, 0.25) is 0 Å². The van der Waals surface area contributed by atoms with Crippen molar-refractivity contribution in [2.24, 2.45) is 0 Å². The van der Waals surface area contributed by atoms with Crippen molar-refractivity contribution in [2.75, 3.05) is 13.2 Å². The molecule has 1 fully saturated rings. The molecular weight excluding hydrogens is 206 g/mol. The summed E-state index contributed by atoms with van der Waals surface area (Å²) in [6.07, 6.45) is 4.65. The molecule has 0 radical (unpaired) electrons. The summed E-state index contributed by atoms with van der Waals surface area (Å²) < 4.78 is 5.48. The highest BCUT2D eigenvalue weighted by molar-refractivity contribution is 5.92. The minimum atomic E-state index is -0.0734. The number of amides is 1. The average molecular weight is 221 g/mol. The molecule has 2 atom stereocenters. The van der Waals surface area contributed by atoms with Gasteiger partial charge in [0.15, 0.2) is 0 Å². The van der Waals surface area contributed by atoms with Crippen molar-refractivity contribution >= 4 is 5.91 Å². The molecule has 0 aromatic carbocycles. The van der Waals surface area contributed by atoms with Gasteiger partial charge in [0.05, 0.1) is 24.9 Å². The fourth-order valence-corrected chi connectivity index (χ4v) is 1.78. The summed E-state index contributed by atoms with van der Waals surface area (Å²) in [6.45, 7) is 5.15. The molecular formula is C11H15N3O2. The zero-order chi connectivity index (χ0) is 11.5. The Balaban J connectivity index is 2.15. The van der Waals surface area contributed by atoms with Gasteiger partial charge in [-0.1, -0.05) is 0 Å². The lowest BCUT2D eigenvalue weighted by Crippen LogP contribution is -2.51. The highest BCUT2D eigenvalue weighted by Gasteiger charge is 2.30. The second-order valence-electron chi connectivity index (χ2n) is 3.91. The molecule has 1 aromatic heterocycles. The Morgan fingerprint density at radius 2 is 2.31 bits per heavy atom. The lowest BCUT2D eigenvalue weighted by atomic mass is 10.1. The van der Waals surface area contributed by atoms with Crippen LogP contribution in [-0.2, 0) is 4.74 Å². The summed E-state index contributed by atoms with van der Waals surface area (Å²) in [5.41, 5.74) is 0.392. The van der Waals surface area contributed by atoms with Crippen LogP contribution in [0.1, 0.15) is 24.3 Å². The number of ether oxygens (including phenoxy) is 1. The van der Waals surface area contributed by atoms with E-state index in [1.807, 2.05) is 13.8 Å². The molecule has 16 heavy (non-hydrogen) atoms. The van der Waals surface area contributed by atoms with Crippen LogP contribution in [0.5, 0.6) is 0 Å². The van der Waals surface area contributed by atoms with E-state index in [9.17, 15) is 4.79 Å². The maximum atomic E-state index is 12.1. The maximum Gasteiger partial charge on any atom is 0.274 e. The van der Waals surface area contributed by atoms with Crippen molar-refractivity contribution in [1.29, 1.82) is 0 Å². The Morgan fingerprint density at radius 3 is 3.00 bits per heavy atom. The Kier molecular flexibility index (Phi) is 3.14. The van der Waals surface area contributed by atoms with Crippen LogP contribution < -0.4 is 0 Å². The Hall–Kier alpha value is -1.49. The molecule has 0 spiro atoms. The Labute approximate surface area is 94.5 Å². The van der Waals surface area contributed by atoms with Crippen LogP contribution in [0, 0.1) is 0 Å². The highest BCUT2D eigenvalue weighted by Crippen LogP contribution is 2.15. The van der Waals surface area contributed by atoms with E-state index in [0.29, 0.717) is 18.8 Å². The van der Waals surface area contributed by atoms with Gasteiger partial charge in [-0.05, 0) is 13.8 Å². The van der Waals surface area contributed by atoms with E-state index < -0.39 is 0 Å². The van der Waals surface area contributed by atoms with Crippen molar-refractivity contribution in [3.63, 3.8) is 0 Å². The van der Waals surface area contributed by atoms with E-state index in [-0.39, 0.29) is 18.1 Å². The number of hydrogen-bond donors (Lipinski definition) is 0. The molecule has 1 saturated heterocycles. The molecule has 1 aliphatic heterocycles. The molecule has 2 rings (SSSR count). The van der Waals surface area contributed by atoms with Gasteiger partial charge in [0.1, 0.15) is 5.69 Å². The average Bonchev–Trinajstić information content (AvgIpc) is 2.33. The molecule has 5 nitrogen and oxygen atoms in total. The SMILES string of the molecule is CC1OCCN(C(=O)c2cnccn2)C1C. The van der Waals surface area contributed by atoms with Gasteiger partial charge in [-0.2, -0.15) is 0 Å². The first-order valence-corrected chi connectivity index (χ1v) is 5.38. The minimum absolute atomic E-state index is 0.0642. The summed E-state index contributed by atoms with van der Waals surface area (Å²) in [5, 5.41) is 0. The third-order valence-electron chi connectivity index (χ3n) is 2.93. The lowest BCUT2D eigenvalue weighted by molar-refractivity contribution is -0.0442. The van der Waals surface area contributed by atoms with Crippen LogP contribution in [0.3, 0.4) is 0 Å². The molecule has 1 aromatic rings. The summed E-state index contributed by atoms with van der Waals surface area (Å²) in [6, 6.07) is 0.0725. The second kappa shape index (κ2) is 4.57. The van der Waals surface area contributed by atoms with Gasteiger partial charge in [0, 0.05) is 18.9 Å².